The van der Waals surface area contributed by atoms with Gasteiger partial charge in [0.2, 0.25) is 10.0 Å². The van der Waals surface area contributed by atoms with Crippen molar-refractivity contribution >= 4 is 16.0 Å². The molecule has 0 amide bonds. The number of fused-ring (bicyclic) bond motifs is 1. The van der Waals surface area contributed by atoms with Gasteiger partial charge in [0.1, 0.15) is 6.61 Å². The highest BCUT2D eigenvalue weighted by atomic mass is 32.2. The van der Waals surface area contributed by atoms with E-state index >= 15 is 0 Å². The Morgan fingerprint density at radius 1 is 1.40 bits per heavy atom. The highest BCUT2D eigenvalue weighted by molar-refractivity contribution is 7.88. The van der Waals surface area contributed by atoms with Crippen molar-refractivity contribution in [3.05, 3.63) is 34.9 Å². The summed E-state index contributed by atoms with van der Waals surface area (Å²) in [6, 6.07) is 4.98. The number of primary sulfonamides is 1. The fourth-order valence-corrected chi connectivity index (χ4v) is 2.26. The second kappa shape index (κ2) is 3.32. The number of benzene rings is 1. The van der Waals surface area contributed by atoms with Gasteiger partial charge in [-0.3, -0.25) is 0 Å². The van der Waals surface area contributed by atoms with Crippen molar-refractivity contribution < 1.29 is 17.9 Å². The summed E-state index contributed by atoms with van der Waals surface area (Å²) >= 11 is 0. The zero-order valence-corrected chi connectivity index (χ0v) is 8.58. The van der Waals surface area contributed by atoms with Crippen LogP contribution in [0.5, 0.6) is 0 Å². The molecule has 0 atom stereocenters. The number of carbonyl (C=O) groups is 1. The third kappa shape index (κ3) is 2.00. The van der Waals surface area contributed by atoms with E-state index in [4.69, 9.17) is 9.88 Å². The summed E-state index contributed by atoms with van der Waals surface area (Å²) in [7, 11) is -3.63. The van der Waals surface area contributed by atoms with Crippen LogP contribution in [0.15, 0.2) is 18.2 Å². The van der Waals surface area contributed by atoms with Gasteiger partial charge in [-0.15, -0.1) is 0 Å². The molecule has 5 nitrogen and oxygen atoms in total. The van der Waals surface area contributed by atoms with Gasteiger partial charge in [-0.2, -0.15) is 0 Å². The van der Waals surface area contributed by atoms with E-state index in [0.717, 1.165) is 0 Å². The van der Waals surface area contributed by atoms with Gasteiger partial charge in [0, 0.05) is 5.56 Å². The first kappa shape index (κ1) is 10.1. The molecule has 0 fully saturated rings. The molecule has 2 rings (SSSR count). The molecule has 2 N–H and O–H groups in total. The first-order chi connectivity index (χ1) is 6.97. The van der Waals surface area contributed by atoms with Gasteiger partial charge in [-0.25, -0.2) is 18.4 Å². The van der Waals surface area contributed by atoms with Gasteiger partial charge in [-0.05, 0) is 5.56 Å². The predicted octanol–water partition coefficient (Wildman–Crippen LogP) is 0.145. The van der Waals surface area contributed by atoms with Crippen LogP contribution in [0.4, 0.5) is 0 Å². The Morgan fingerprint density at radius 2 is 2.13 bits per heavy atom. The molecule has 15 heavy (non-hydrogen) atoms. The number of hydrogen-bond acceptors (Lipinski definition) is 4. The Kier molecular flexibility index (Phi) is 2.24. The minimum absolute atomic E-state index is 0.201. The van der Waals surface area contributed by atoms with Crippen molar-refractivity contribution in [1.82, 2.24) is 0 Å². The van der Waals surface area contributed by atoms with Crippen molar-refractivity contribution in [2.75, 3.05) is 0 Å². The Labute approximate surface area is 86.9 Å². The van der Waals surface area contributed by atoms with Gasteiger partial charge < -0.3 is 4.74 Å². The molecule has 0 spiro atoms. The fourth-order valence-electron chi connectivity index (χ4n) is 1.59. The Hall–Kier alpha value is -1.40. The standard InChI is InChI=1S/C9H9NO4S/c10-15(12,13)5-7-3-1-2-6-4-14-9(11)8(6)7/h1-3H,4-5H2,(H2,10,12,13). The quantitative estimate of drug-likeness (QED) is 0.728. The lowest BCUT2D eigenvalue weighted by atomic mass is 10.0. The number of rotatable bonds is 2. The predicted molar refractivity (Wildman–Crippen MR) is 52.4 cm³/mol. The van der Waals surface area contributed by atoms with Gasteiger partial charge in [0.15, 0.2) is 0 Å². The van der Waals surface area contributed by atoms with Crippen molar-refractivity contribution in [1.29, 1.82) is 0 Å². The summed E-state index contributed by atoms with van der Waals surface area (Å²) in [6.07, 6.45) is 0. The molecule has 0 unspecified atom stereocenters. The van der Waals surface area contributed by atoms with E-state index in [2.05, 4.69) is 0 Å². The highest BCUT2D eigenvalue weighted by Gasteiger charge is 2.25. The van der Waals surface area contributed by atoms with Crippen molar-refractivity contribution in [3.8, 4) is 0 Å². The van der Waals surface area contributed by atoms with Crippen LogP contribution >= 0.6 is 0 Å². The number of ether oxygens (including phenoxy) is 1. The topological polar surface area (TPSA) is 86.5 Å². The fraction of sp³-hybridized carbons (Fsp3) is 0.222. The molecule has 6 heteroatoms. The molecule has 80 valence electrons. The van der Waals surface area contributed by atoms with Crippen LogP contribution in [0, 0.1) is 0 Å². The SMILES string of the molecule is NS(=O)(=O)Cc1cccc2c1C(=O)OC2. The van der Waals surface area contributed by atoms with E-state index in [1.165, 1.54) is 0 Å². The van der Waals surface area contributed by atoms with Crippen LogP contribution in [0.1, 0.15) is 21.5 Å². The molecular weight excluding hydrogens is 218 g/mol. The van der Waals surface area contributed by atoms with Crippen LogP contribution in [0.2, 0.25) is 0 Å². The maximum atomic E-state index is 11.3. The summed E-state index contributed by atoms with van der Waals surface area (Å²) in [5.41, 5.74) is 1.45. The van der Waals surface area contributed by atoms with E-state index in [9.17, 15) is 13.2 Å². The van der Waals surface area contributed by atoms with Crippen molar-refractivity contribution in [2.45, 2.75) is 12.4 Å². The van der Waals surface area contributed by atoms with Crippen LogP contribution in [0.25, 0.3) is 0 Å². The molecule has 0 aromatic heterocycles. The second-order valence-electron chi connectivity index (χ2n) is 3.33. The number of cyclic esters (lactones) is 1. The van der Waals surface area contributed by atoms with Gasteiger partial charge in [0.05, 0.1) is 11.3 Å². The van der Waals surface area contributed by atoms with Crippen LogP contribution in [-0.4, -0.2) is 14.4 Å². The number of esters is 1. The lowest BCUT2D eigenvalue weighted by molar-refractivity contribution is 0.0534. The highest BCUT2D eigenvalue weighted by Crippen LogP contribution is 2.24. The zero-order chi connectivity index (χ0) is 11.1. The van der Waals surface area contributed by atoms with E-state index in [0.29, 0.717) is 16.7 Å². The van der Waals surface area contributed by atoms with Gasteiger partial charge in [-0.1, -0.05) is 18.2 Å². The summed E-state index contributed by atoms with van der Waals surface area (Å²) < 4.78 is 26.7. The van der Waals surface area contributed by atoms with E-state index in [-0.39, 0.29) is 12.4 Å². The van der Waals surface area contributed by atoms with Gasteiger partial charge in [0.25, 0.3) is 0 Å². The van der Waals surface area contributed by atoms with Gasteiger partial charge >= 0.3 is 5.97 Å². The van der Waals surface area contributed by atoms with Crippen LogP contribution in [0.3, 0.4) is 0 Å². The smallest absolute Gasteiger partial charge is 0.339 e. The average Bonchev–Trinajstić information content (AvgIpc) is 2.46. The molecule has 0 bridgehead atoms. The largest absolute Gasteiger partial charge is 0.457 e. The minimum Gasteiger partial charge on any atom is -0.457 e. The Bertz CT molecular complexity index is 521. The molecule has 1 aromatic carbocycles. The number of sulfonamides is 1. The Morgan fingerprint density at radius 3 is 2.80 bits per heavy atom. The lowest BCUT2D eigenvalue weighted by Crippen LogP contribution is -2.16. The first-order valence-electron chi connectivity index (χ1n) is 4.26. The lowest BCUT2D eigenvalue weighted by Gasteiger charge is -2.03. The maximum Gasteiger partial charge on any atom is 0.339 e. The normalized spacial score (nSPS) is 14.9. The zero-order valence-electron chi connectivity index (χ0n) is 7.76. The molecule has 1 aliphatic heterocycles. The first-order valence-corrected chi connectivity index (χ1v) is 5.97. The summed E-state index contributed by atoms with van der Waals surface area (Å²) in [6.45, 7) is 0.201. The molecule has 0 radical (unpaired) electrons. The summed E-state index contributed by atoms with van der Waals surface area (Å²) in [5, 5.41) is 4.93. The molecule has 1 aliphatic rings. The summed E-state index contributed by atoms with van der Waals surface area (Å²) in [4.78, 5) is 11.3. The molecular formula is C9H9NO4S. The molecule has 0 saturated carbocycles. The second-order valence-corrected chi connectivity index (χ2v) is 4.95. The van der Waals surface area contributed by atoms with E-state index in [1.807, 2.05) is 0 Å². The molecule has 0 saturated heterocycles. The minimum atomic E-state index is -3.63. The maximum absolute atomic E-state index is 11.3. The monoisotopic (exact) mass is 227 g/mol. The van der Waals surface area contributed by atoms with Crippen LogP contribution in [-0.2, 0) is 27.1 Å². The third-order valence-electron chi connectivity index (χ3n) is 2.16. The summed E-state index contributed by atoms with van der Waals surface area (Å²) in [5.74, 6) is -0.824. The number of hydrogen-bond donors (Lipinski definition) is 1. The third-order valence-corrected chi connectivity index (χ3v) is 2.87. The van der Waals surface area contributed by atoms with E-state index < -0.39 is 16.0 Å². The molecule has 0 aliphatic carbocycles. The van der Waals surface area contributed by atoms with Crippen molar-refractivity contribution in [3.63, 3.8) is 0 Å². The number of nitrogens with two attached hydrogens (primary N) is 1. The molecule has 1 heterocycles. The average molecular weight is 227 g/mol. The van der Waals surface area contributed by atoms with Crippen molar-refractivity contribution in [2.24, 2.45) is 5.14 Å². The van der Waals surface area contributed by atoms with E-state index in [1.54, 1.807) is 18.2 Å². The van der Waals surface area contributed by atoms with Crippen LogP contribution < -0.4 is 5.14 Å². The Balaban J connectivity index is 2.50. The molecule has 1 aromatic rings. The number of carbonyl (C=O) groups excluding carboxylic acids is 1.